The Bertz CT molecular complexity index is 566. The van der Waals surface area contributed by atoms with Crippen LogP contribution in [0.4, 0.5) is 0 Å². The lowest BCUT2D eigenvalue weighted by Gasteiger charge is -2.10. The average Bonchev–Trinajstić information content (AvgIpc) is 2.62. The van der Waals surface area contributed by atoms with Crippen LogP contribution in [0, 0.1) is 6.92 Å². The number of aryl methyl sites for hydroxylation is 2. The van der Waals surface area contributed by atoms with Crippen LogP contribution < -0.4 is 0 Å². The first-order valence-electron chi connectivity index (χ1n) is 5.56. The molecule has 2 aliphatic carbocycles. The van der Waals surface area contributed by atoms with E-state index in [-0.39, 0.29) is 0 Å². The van der Waals surface area contributed by atoms with Crippen LogP contribution in [-0.4, -0.2) is 4.98 Å². The number of hydrogen-bond acceptors (Lipinski definition) is 2. The van der Waals surface area contributed by atoms with Crippen molar-refractivity contribution in [3.63, 3.8) is 0 Å². The summed E-state index contributed by atoms with van der Waals surface area (Å²) in [6, 6.07) is 0. The van der Waals surface area contributed by atoms with Crippen molar-refractivity contribution in [2.75, 3.05) is 0 Å². The second-order valence-electron chi connectivity index (χ2n) is 4.18. The number of thiazole rings is 1. The van der Waals surface area contributed by atoms with Crippen LogP contribution in [0.15, 0.2) is 35.6 Å². The minimum absolute atomic E-state index is 1.01. The van der Waals surface area contributed by atoms with Gasteiger partial charge in [-0.25, -0.2) is 4.98 Å². The molecule has 1 aromatic rings. The number of rotatable bonds is 0. The SMILES string of the molecule is C=C1C2=C=CCC=C2CCc2nc(C)sc21. The van der Waals surface area contributed by atoms with Gasteiger partial charge in [0.15, 0.2) is 0 Å². The maximum absolute atomic E-state index is 4.60. The van der Waals surface area contributed by atoms with E-state index in [1.807, 2.05) is 0 Å². The van der Waals surface area contributed by atoms with Crippen LogP contribution in [0.3, 0.4) is 0 Å². The van der Waals surface area contributed by atoms with E-state index in [1.165, 1.54) is 21.7 Å². The summed E-state index contributed by atoms with van der Waals surface area (Å²) in [5.74, 6) is 0. The van der Waals surface area contributed by atoms with Crippen LogP contribution >= 0.6 is 11.3 Å². The number of nitrogens with zero attached hydrogens (tertiary/aromatic N) is 1. The second-order valence-corrected chi connectivity index (χ2v) is 5.38. The van der Waals surface area contributed by atoms with Gasteiger partial charge in [0.05, 0.1) is 15.6 Å². The maximum Gasteiger partial charge on any atom is 0.0903 e. The third kappa shape index (κ3) is 1.42. The van der Waals surface area contributed by atoms with Gasteiger partial charge >= 0.3 is 0 Å². The maximum atomic E-state index is 4.60. The van der Waals surface area contributed by atoms with Crippen molar-refractivity contribution in [2.45, 2.75) is 26.2 Å². The fraction of sp³-hybridized carbons (Fsp3) is 0.286. The Hall–Kier alpha value is -1.37. The van der Waals surface area contributed by atoms with E-state index >= 15 is 0 Å². The van der Waals surface area contributed by atoms with Gasteiger partial charge in [0.1, 0.15) is 0 Å². The molecule has 0 saturated heterocycles. The first-order chi connectivity index (χ1) is 7.75. The fourth-order valence-electron chi connectivity index (χ4n) is 2.31. The molecule has 0 amide bonds. The number of allylic oxidation sites excluding steroid dienone is 4. The monoisotopic (exact) mass is 227 g/mol. The zero-order valence-electron chi connectivity index (χ0n) is 9.34. The van der Waals surface area contributed by atoms with Crippen LogP contribution in [0.25, 0.3) is 5.57 Å². The summed E-state index contributed by atoms with van der Waals surface area (Å²) in [5, 5.41) is 1.14. The van der Waals surface area contributed by atoms with Gasteiger partial charge < -0.3 is 0 Å². The van der Waals surface area contributed by atoms with E-state index in [4.69, 9.17) is 0 Å². The molecule has 0 unspecified atom stereocenters. The van der Waals surface area contributed by atoms with Crippen molar-refractivity contribution >= 4 is 16.9 Å². The lowest BCUT2D eigenvalue weighted by atomic mass is 9.95. The van der Waals surface area contributed by atoms with Gasteiger partial charge in [-0.2, -0.15) is 0 Å². The highest BCUT2D eigenvalue weighted by molar-refractivity contribution is 7.12. The van der Waals surface area contributed by atoms with Gasteiger partial charge in [0.2, 0.25) is 0 Å². The highest BCUT2D eigenvalue weighted by atomic mass is 32.1. The summed E-state index contributed by atoms with van der Waals surface area (Å²) < 4.78 is 0. The number of fused-ring (bicyclic) bond motifs is 2. The summed E-state index contributed by atoms with van der Waals surface area (Å²) in [6.07, 6.45) is 7.50. The van der Waals surface area contributed by atoms with E-state index in [9.17, 15) is 0 Å². The molecule has 1 heterocycles. The van der Waals surface area contributed by atoms with E-state index in [0.717, 1.165) is 29.8 Å². The molecule has 0 N–H and O–H groups in total. The van der Waals surface area contributed by atoms with E-state index < -0.39 is 0 Å². The largest absolute Gasteiger partial charge is 0.246 e. The minimum Gasteiger partial charge on any atom is -0.246 e. The molecule has 0 fully saturated rings. The fourth-order valence-corrected chi connectivity index (χ4v) is 3.25. The van der Waals surface area contributed by atoms with Gasteiger partial charge in [-0.05, 0) is 37.8 Å². The molecule has 0 atom stereocenters. The summed E-state index contributed by atoms with van der Waals surface area (Å²) in [4.78, 5) is 5.86. The molecule has 16 heavy (non-hydrogen) atoms. The van der Waals surface area contributed by atoms with Gasteiger partial charge in [-0.15, -0.1) is 17.1 Å². The minimum atomic E-state index is 1.01. The molecule has 0 spiro atoms. The Morgan fingerprint density at radius 3 is 3.19 bits per heavy atom. The van der Waals surface area contributed by atoms with Gasteiger partial charge in [0.25, 0.3) is 0 Å². The summed E-state index contributed by atoms with van der Waals surface area (Å²) >= 11 is 1.75. The van der Waals surface area contributed by atoms with Gasteiger partial charge in [0, 0.05) is 11.1 Å². The third-order valence-corrected chi connectivity index (χ3v) is 4.13. The van der Waals surface area contributed by atoms with E-state index in [0.29, 0.717) is 0 Å². The summed E-state index contributed by atoms with van der Waals surface area (Å²) in [5.41, 5.74) is 8.30. The molecule has 0 radical (unpaired) electrons. The van der Waals surface area contributed by atoms with Crippen LogP contribution in [-0.2, 0) is 6.42 Å². The Morgan fingerprint density at radius 2 is 2.31 bits per heavy atom. The average molecular weight is 227 g/mol. The first-order valence-corrected chi connectivity index (χ1v) is 6.38. The summed E-state index contributed by atoms with van der Waals surface area (Å²) in [7, 11) is 0. The predicted octanol–water partition coefficient (Wildman–Crippen LogP) is 3.82. The van der Waals surface area contributed by atoms with Gasteiger partial charge in [-0.1, -0.05) is 12.7 Å². The molecule has 1 nitrogen and oxygen atoms in total. The molecular formula is C14H13NS. The quantitative estimate of drug-likeness (QED) is 0.614. The van der Waals surface area contributed by atoms with Crippen molar-refractivity contribution in [2.24, 2.45) is 0 Å². The molecule has 0 bridgehead atoms. The Morgan fingerprint density at radius 1 is 1.44 bits per heavy atom. The molecule has 0 aromatic carbocycles. The molecule has 2 heteroatoms. The topological polar surface area (TPSA) is 12.9 Å². The molecule has 80 valence electrons. The lowest BCUT2D eigenvalue weighted by Crippen LogP contribution is -1.91. The standard InChI is InChI=1S/C14H13NS/c1-9-12-6-4-3-5-11(12)7-8-13-14(9)16-10(2)15-13/h4-5H,1,3,7-8H2,2H3. The van der Waals surface area contributed by atoms with Crippen molar-refractivity contribution in [1.82, 2.24) is 4.98 Å². The predicted molar refractivity (Wildman–Crippen MR) is 68.5 cm³/mol. The zero-order valence-corrected chi connectivity index (χ0v) is 10.2. The highest BCUT2D eigenvalue weighted by Gasteiger charge is 2.22. The smallest absolute Gasteiger partial charge is 0.0903 e. The number of hydrogen-bond donors (Lipinski definition) is 0. The second kappa shape index (κ2) is 3.58. The van der Waals surface area contributed by atoms with Gasteiger partial charge in [-0.3, -0.25) is 0 Å². The molecule has 3 rings (SSSR count). The highest BCUT2D eigenvalue weighted by Crippen LogP contribution is 2.39. The van der Waals surface area contributed by atoms with Crippen LogP contribution in [0.2, 0.25) is 0 Å². The Labute approximate surface area is 99.5 Å². The summed E-state index contributed by atoms with van der Waals surface area (Å²) in [6.45, 7) is 6.29. The molecule has 2 aliphatic rings. The van der Waals surface area contributed by atoms with E-state index in [1.54, 1.807) is 11.3 Å². The van der Waals surface area contributed by atoms with Crippen molar-refractivity contribution in [3.05, 3.63) is 51.2 Å². The molecular weight excluding hydrogens is 214 g/mol. The lowest BCUT2D eigenvalue weighted by molar-refractivity contribution is 0.919. The van der Waals surface area contributed by atoms with Crippen LogP contribution in [0.5, 0.6) is 0 Å². The molecule has 0 aliphatic heterocycles. The van der Waals surface area contributed by atoms with E-state index in [2.05, 4.69) is 36.4 Å². The zero-order chi connectivity index (χ0) is 11.1. The van der Waals surface area contributed by atoms with Crippen molar-refractivity contribution in [3.8, 4) is 0 Å². The normalized spacial score (nSPS) is 18.4. The van der Waals surface area contributed by atoms with Crippen molar-refractivity contribution in [1.29, 1.82) is 0 Å². The Balaban J connectivity index is 2.19. The van der Waals surface area contributed by atoms with Crippen molar-refractivity contribution < 1.29 is 0 Å². The molecule has 0 saturated carbocycles. The van der Waals surface area contributed by atoms with Crippen LogP contribution in [0.1, 0.15) is 28.4 Å². The first kappa shape index (κ1) is 9.83. The number of aromatic nitrogens is 1. The third-order valence-electron chi connectivity index (χ3n) is 3.06. The molecule has 1 aromatic heterocycles. The Kier molecular flexibility index (Phi) is 2.20.